The zero-order valence-electron chi connectivity index (χ0n) is 7.78. The third-order valence-electron chi connectivity index (χ3n) is 1.71. The number of sulfone groups is 1. The molecule has 0 heterocycles. The number of rotatable bonds is 3. The van der Waals surface area contributed by atoms with Crippen molar-refractivity contribution in [2.45, 2.75) is 3.26 Å². The van der Waals surface area contributed by atoms with Crippen molar-refractivity contribution in [2.24, 2.45) is 0 Å². The Morgan fingerprint density at radius 3 is 2.20 bits per heavy atom. The molecule has 0 bridgehead atoms. The molecule has 0 aliphatic rings. The smallest absolute Gasteiger partial charge is 0.190 e. The van der Waals surface area contributed by atoms with Gasteiger partial charge >= 0.3 is 0 Å². The van der Waals surface area contributed by atoms with Crippen LogP contribution < -0.4 is 0 Å². The molecule has 0 spiro atoms. The van der Waals surface area contributed by atoms with Crippen LogP contribution in [0.2, 0.25) is 0 Å². The molecule has 1 atom stereocenters. The summed E-state index contributed by atoms with van der Waals surface area (Å²) in [5.74, 6) is -0.992. The first-order valence-electron chi connectivity index (χ1n) is 3.95. The van der Waals surface area contributed by atoms with Gasteiger partial charge in [0.05, 0.1) is 0 Å². The first-order chi connectivity index (χ1) is 6.82. The fraction of sp³-hybridized carbons (Fsp3) is 0.222. The van der Waals surface area contributed by atoms with E-state index in [2.05, 4.69) is 0 Å². The van der Waals surface area contributed by atoms with Crippen molar-refractivity contribution in [3.05, 3.63) is 35.6 Å². The van der Waals surface area contributed by atoms with Crippen molar-refractivity contribution in [1.29, 1.82) is 0 Å². The van der Waals surface area contributed by atoms with Crippen molar-refractivity contribution < 1.29 is 17.6 Å². The van der Waals surface area contributed by atoms with Crippen LogP contribution in [0.5, 0.6) is 0 Å². The SMILES string of the molecule is CS(=O)(=O)[C@H](I)C(=O)c1ccc(F)cc1. The Kier molecular flexibility index (Phi) is 3.82. The molecule has 1 aromatic carbocycles. The Hall–Kier alpha value is -0.500. The molecule has 82 valence electrons. The van der Waals surface area contributed by atoms with Gasteiger partial charge in [0, 0.05) is 11.8 Å². The standard InChI is InChI=1S/C9H8FIO3S/c1-15(13,14)9(11)8(12)6-2-4-7(10)5-3-6/h2-5,9H,1H3/t9-/m0/s1. The monoisotopic (exact) mass is 342 g/mol. The Bertz CT molecular complexity index is 467. The van der Waals surface area contributed by atoms with Gasteiger partial charge in [-0.1, -0.05) is 22.6 Å². The predicted octanol–water partition coefficient (Wildman–Crippen LogP) is 1.81. The van der Waals surface area contributed by atoms with E-state index in [0.717, 1.165) is 18.4 Å². The van der Waals surface area contributed by atoms with Crippen LogP contribution in [0.1, 0.15) is 10.4 Å². The minimum Gasteiger partial charge on any atom is -0.292 e. The molecule has 0 aromatic heterocycles. The van der Waals surface area contributed by atoms with E-state index in [1.54, 1.807) is 22.6 Å². The summed E-state index contributed by atoms with van der Waals surface area (Å²) in [6.07, 6.45) is 0.992. The van der Waals surface area contributed by atoms with Gasteiger partial charge in [0.1, 0.15) is 5.82 Å². The number of halogens is 2. The lowest BCUT2D eigenvalue weighted by molar-refractivity contribution is 0.101. The van der Waals surface area contributed by atoms with Crippen LogP contribution in [0.4, 0.5) is 4.39 Å². The van der Waals surface area contributed by atoms with Gasteiger partial charge in [-0.3, -0.25) is 4.79 Å². The van der Waals surface area contributed by atoms with Crippen LogP contribution in [0.3, 0.4) is 0 Å². The zero-order chi connectivity index (χ0) is 11.6. The van der Waals surface area contributed by atoms with Crippen LogP contribution in [0.15, 0.2) is 24.3 Å². The minimum absolute atomic E-state index is 0.196. The Balaban J connectivity index is 3.01. The molecule has 0 fully saturated rings. The van der Waals surface area contributed by atoms with Gasteiger partial charge in [-0.05, 0) is 24.3 Å². The van der Waals surface area contributed by atoms with Gasteiger partial charge in [-0.25, -0.2) is 12.8 Å². The number of carbonyl (C=O) groups excluding carboxylic acids is 1. The number of carbonyl (C=O) groups is 1. The highest BCUT2D eigenvalue weighted by Gasteiger charge is 2.26. The molecule has 0 amide bonds. The summed E-state index contributed by atoms with van der Waals surface area (Å²) in [5.41, 5.74) is 0.196. The maximum absolute atomic E-state index is 12.6. The van der Waals surface area contributed by atoms with Crippen LogP contribution in [0.25, 0.3) is 0 Å². The highest BCUT2D eigenvalue weighted by molar-refractivity contribution is 14.1. The normalized spacial score (nSPS) is 13.5. The lowest BCUT2D eigenvalue weighted by Gasteiger charge is -2.06. The van der Waals surface area contributed by atoms with Crippen LogP contribution >= 0.6 is 22.6 Å². The maximum Gasteiger partial charge on any atom is 0.190 e. The fourth-order valence-electron chi connectivity index (χ4n) is 0.940. The Labute approximate surface area is 101 Å². The van der Waals surface area contributed by atoms with Gasteiger partial charge in [0.15, 0.2) is 18.9 Å². The quantitative estimate of drug-likeness (QED) is 0.478. The van der Waals surface area contributed by atoms with Gasteiger partial charge in [0.2, 0.25) is 0 Å². The molecule has 0 saturated heterocycles. The van der Waals surface area contributed by atoms with Crippen molar-refractivity contribution in [3.8, 4) is 0 Å². The summed E-state index contributed by atoms with van der Waals surface area (Å²) in [4.78, 5) is 11.6. The number of hydrogen-bond acceptors (Lipinski definition) is 3. The molecular weight excluding hydrogens is 334 g/mol. The summed E-state index contributed by atoms with van der Waals surface area (Å²) >= 11 is 1.56. The molecule has 6 heteroatoms. The minimum atomic E-state index is -3.42. The summed E-state index contributed by atoms with van der Waals surface area (Å²) in [6.45, 7) is 0. The van der Waals surface area contributed by atoms with Crippen molar-refractivity contribution in [3.63, 3.8) is 0 Å². The summed E-state index contributed by atoms with van der Waals surface area (Å²) in [7, 11) is -3.42. The second-order valence-corrected chi connectivity index (χ2v) is 7.24. The van der Waals surface area contributed by atoms with E-state index in [0.29, 0.717) is 0 Å². The maximum atomic E-state index is 12.6. The number of hydrogen-bond donors (Lipinski definition) is 0. The van der Waals surface area contributed by atoms with Gasteiger partial charge in [-0.2, -0.15) is 0 Å². The number of Topliss-reactive ketones (excluding diaryl/α,β-unsaturated/α-hetero) is 1. The van der Waals surface area contributed by atoms with E-state index in [-0.39, 0.29) is 5.56 Å². The second-order valence-electron chi connectivity index (χ2n) is 3.02. The van der Waals surface area contributed by atoms with E-state index < -0.39 is 24.7 Å². The summed E-state index contributed by atoms with van der Waals surface area (Å²) in [6, 6.07) is 4.79. The second kappa shape index (κ2) is 4.56. The molecule has 15 heavy (non-hydrogen) atoms. The lowest BCUT2D eigenvalue weighted by atomic mass is 10.1. The van der Waals surface area contributed by atoms with Gasteiger partial charge in [0.25, 0.3) is 0 Å². The highest BCUT2D eigenvalue weighted by atomic mass is 127. The molecule has 1 rings (SSSR count). The van der Waals surface area contributed by atoms with E-state index in [1.165, 1.54) is 12.1 Å². The van der Waals surface area contributed by atoms with Gasteiger partial charge in [-0.15, -0.1) is 0 Å². The lowest BCUT2D eigenvalue weighted by Crippen LogP contribution is -2.23. The predicted molar refractivity (Wildman–Crippen MR) is 63.4 cm³/mol. The Morgan fingerprint density at radius 1 is 1.33 bits per heavy atom. The van der Waals surface area contributed by atoms with E-state index >= 15 is 0 Å². The molecule has 0 saturated carbocycles. The summed E-state index contributed by atoms with van der Waals surface area (Å²) < 4.78 is 33.7. The first kappa shape index (κ1) is 12.6. The van der Waals surface area contributed by atoms with Gasteiger partial charge < -0.3 is 0 Å². The topological polar surface area (TPSA) is 51.2 Å². The van der Waals surface area contributed by atoms with E-state index in [1.807, 2.05) is 0 Å². The third-order valence-corrected chi connectivity index (χ3v) is 6.01. The summed E-state index contributed by atoms with van der Waals surface area (Å²) in [5, 5.41) is 0. The third kappa shape index (κ3) is 3.23. The average Bonchev–Trinajstić information content (AvgIpc) is 2.15. The fourth-order valence-corrected chi connectivity index (χ4v) is 1.82. The van der Waals surface area contributed by atoms with E-state index in [9.17, 15) is 17.6 Å². The van der Waals surface area contributed by atoms with Crippen molar-refractivity contribution >= 4 is 38.2 Å². The van der Waals surface area contributed by atoms with Crippen LogP contribution in [-0.2, 0) is 9.84 Å². The molecule has 0 aliphatic carbocycles. The first-order valence-corrected chi connectivity index (χ1v) is 7.15. The molecule has 0 unspecified atom stereocenters. The number of benzene rings is 1. The average molecular weight is 342 g/mol. The van der Waals surface area contributed by atoms with E-state index in [4.69, 9.17) is 0 Å². The largest absolute Gasteiger partial charge is 0.292 e. The zero-order valence-corrected chi connectivity index (χ0v) is 10.7. The number of ketones is 1. The highest BCUT2D eigenvalue weighted by Crippen LogP contribution is 2.16. The van der Waals surface area contributed by atoms with Crippen LogP contribution in [-0.4, -0.2) is 23.7 Å². The molecular formula is C9H8FIO3S. The van der Waals surface area contributed by atoms with Crippen molar-refractivity contribution in [1.82, 2.24) is 0 Å². The van der Waals surface area contributed by atoms with Crippen LogP contribution in [0, 0.1) is 5.82 Å². The molecule has 0 N–H and O–H groups in total. The molecule has 0 radical (unpaired) electrons. The Morgan fingerprint density at radius 2 is 1.80 bits per heavy atom. The molecule has 0 aliphatic heterocycles. The molecule has 1 aromatic rings. The number of alkyl halides is 1. The molecule has 3 nitrogen and oxygen atoms in total. The van der Waals surface area contributed by atoms with Crippen molar-refractivity contribution in [2.75, 3.05) is 6.26 Å².